The van der Waals surface area contributed by atoms with Gasteiger partial charge in [-0.05, 0) is 36.0 Å². The summed E-state index contributed by atoms with van der Waals surface area (Å²) in [5, 5.41) is 0. The number of hydrogen-bond donors (Lipinski definition) is 0. The van der Waals surface area contributed by atoms with Crippen LogP contribution >= 0.6 is 0 Å². The van der Waals surface area contributed by atoms with Crippen molar-refractivity contribution in [1.82, 2.24) is 9.88 Å². The Balaban J connectivity index is 1.52. The van der Waals surface area contributed by atoms with Crippen LogP contribution in [0.25, 0.3) is 0 Å². The Kier molecular flexibility index (Phi) is 4.34. The lowest BCUT2D eigenvalue weighted by Gasteiger charge is -2.27. The smallest absolute Gasteiger partial charge is 0.227 e. The van der Waals surface area contributed by atoms with Gasteiger partial charge < -0.3 is 4.90 Å². The molecule has 2 heterocycles. The third-order valence-corrected chi connectivity index (χ3v) is 5.00. The maximum atomic E-state index is 12.3. The van der Waals surface area contributed by atoms with Gasteiger partial charge >= 0.3 is 0 Å². The summed E-state index contributed by atoms with van der Waals surface area (Å²) in [4.78, 5) is 18.4. The fraction of sp³-hybridized carbons (Fsp3) is 0.647. The van der Waals surface area contributed by atoms with E-state index < -0.39 is 0 Å². The molecule has 3 rings (SSSR count). The molecule has 20 heavy (non-hydrogen) atoms. The molecule has 1 aliphatic heterocycles. The molecule has 1 saturated heterocycles. The van der Waals surface area contributed by atoms with Crippen LogP contribution in [0, 0.1) is 11.8 Å². The number of pyridine rings is 1. The topological polar surface area (TPSA) is 33.2 Å². The lowest BCUT2D eigenvalue weighted by molar-refractivity contribution is -0.129. The lowest BCUT2D eigenvalue weighted by Crippen LogP contribution is -2.31. The van der Waals surface area contributed by atoms with Crippen LogP contribution in [-0.4, -0.2) is 28.9 Å². The van der Waals surface area contributed by atoms with E-state index in [9.17, 15) is 4.79 Å². The first kappa shape index (κ1) is 13.6. The van der Waals surface area contributed by atoms with Crippen molar-refractivity contribution in [3.05, 3.63) is 30.1 Å². The standard InChI is InChI=1S/C17H24N2O/c20-17(12-14-6-9-18-10-7-14)19-11-8-16(13-19)15-4-2-1-3-5-15/h6-7,9-10,15-16H,1-5,8,11-13H2/t16-/m0/s1. The quantitative estimate of drug-likeness (QED) is 0.847. The molecule has 1 aromatic heterocycles. The van der Waals surface area contributed by atoms with Crippen molar-refractivity contribution < 1.29 is 4.79 Å². The van der Waals surface area contributed by atoms with Gasteiger partial charge in [-0.1, -0.05) is 32.1 Å². The summed E-state index contributed by atoms with van der Waals surface area (Å²) < 4.78 is 0. The monoisotopic (exact) mass is 272 g/mol. The van der Waals surface area contributed by atoms with E-state index in [-0.39, 0.29) is 5.91 Å². The van der Waals surface area contributed by atoms with Crippen molar-refractivity contribution >= 4 is 5.91 Å². The first-order valence-electron chi connectivity index (χ1n) is 7.99. The van der Waals surface area contributed by atoms with Gasteiger partial charge in [0.1, 0.15) is 0 Å². The Morgan fingerprint density at radius 2 is 1.85 bits per heavy atom. The highest BCUT2D eigenvalue weighted by Crippen LogP contribution is 2.35. The first-order valence-corrected chi connectivity index (χ1v) is 7.99. The maximum Gasteiger partial charge on any atom is 0.227 e. The number of rotatable bonds is 3. The van der Waals surface area contributed by atoms with E-state index in [1.165, 1.54) is 38.5 Å². The van der Waals surface area contributed by atoms with Crippen molar-refractivity contribution in [3.8, 4) is 0 Å². The summed E-state index contributed by atoms with van der Waals surface area (Å²) in [7, 11) is 0. The molecule has 1 saturated carbocycles. The Bertz CT molecular complexity index is 440. The summed E-state index contributed by atoms with van der Waals surface area (Å²) in [6.45, 7) is 1.96. The van der Waals surface area contributed by atoms with Gasteiger partial charge in [0.05, 0.1) is 6.42 Å². The molecule has 0 radical (unpaired) electrons. The average molecular weight is 272 g/mol. The maximum absolute atomic E-state index is 12.3. The number of carbonyl (C=O) groups excluding carboxylic acids is 1. The number of nitrogens with zero attached hydrogens (tertiary/aromatic N) is 2. The number of hydrogen-bond acceptors (Lipinski definition) is 2. The predicted molar refractivity (Wildman–Crippen MR) is 79.2 cm³/mol. The Hall–Kier alpha value is -1.38. The molecule has 3 heteroatoms. The fourth-order valence-corrected chi connectivity index (χ4v) is 3.79. The minimum Gasteiger partial charge on any atom is -0.342 e. The largest absolute Gasteiger partial charge is 0.342 e. The van der Waals surface area contributed by atoms with Crippen molar-refractivity contribution in [1.29, 1.82) is 0 Å². The molecule has 1 atom stereocenters. The van der Waals surface area contributed by atoms with Crippen LogP contribution in [-0.2, 0) is 11.2 Å². The van der Waals surface area contributed by atoms with Crippen LogP contribution in [0.2, 0.25) is 0 Å². The van der Waals surface area contributed by atoms with Crippen LogP contribution in [0.15, 0.2) is 24.5 Å². The molecule has 0 unspecified atom stereocenters. The number of carbonyl (C=O) groups is 1. The molecule has 1 aliphatic carbocycles. The highest BCUT2D eigenvalue weighted by molar-refractivity contribution is 5.79. The van der Waals surface area contributed by atoms with E-state index in [1.807, 2.05) is 12.1 Å². The molecule has 0 N–H and O–H groups in total. The zero-order valence-corrected chi connectivity index (χ0v) is 12.1. The van der Waals surface area contributed by atoms with E-state index in [0.717, 1.165) is 30.5 Å². The van der Waals surface area contributed by atoms with Crippen molar-refractivity contribution in [2.75, 3.05) is 13.1 Å². The minimum atomic E-state index is 0.287. The molecule has 108 valence electrons. The van der Waals surface area contributed by atoms with Crippen LogP contribution < -0.4 is 0 Å². The van der Waals surface area contributed by atoms with Gasteiger partial charge in [0.25, 0.3) is 0 Å². The molecule has 0 bridgehead atoms. The molecule has 2 aliphatic rings. The van der Waals surface area contributed by atoms with E-state index >= 15 is 0 Å². The minimum absolute atomic E-state index is 0.287. The van der Waals surface area contributed by atoms with E-state index in [4.69, 9.17) is 0 Å². The highest BCUT2D eigenvalue weighted by Gasteiger charge is 2.32. The molecule has 3 nitrogen and oxygen atoms in total. The summed E-state index contributed by atoms with van der Waals surface area (Å²) in [5.74, 6) is 1.92. The number of amides is 1. The second-order valence-corrected chi connectivity index (χ2v) is 6.32. The van der Waals surface area contributed by atoms with E-state index in [0.29, 0.717) is 6.42 Å². The normalized spacial score (nSPS) is 24.0. The highest BCUT2D eigenvalue weighted by atomic mass is 16.2. The van der Waals surface area contributed by atoms with Gasteiger partial charge in [-0.15, -0.1) is 0 Å². The van der Waals surface area contributed by atoms with Gasteiger partial charge in [-0.25, -0.2) is 0 Å². The summed E-state index contributed by atoms with van der Waals surface area (Å²) in [6.07, 6.45) is 12.2. The second kappa shape index (κ2) is 6.38. The molecule has 0 spiro atoms. The zero-order valence-electron chi connectivity index (χ0n) is 12.1. The molecular weight excluding hydrogens is 248 g/mol. The molecule has 1 amide bonds. The molecule has 2 fully saturated rings. The summed E-state index contributed by atoms with van der Waals surface area (Å²) >= 11 is 0. The van der Waals surface area contributed by atoms with Crippen LogP contribution in [0.5, 0.6) is 0 Å². The second-order valence-electron chi connectivity index (χ2n) is 6.32. The third-order valence-electron chi connectivity index (χ3n) is 5.00. The molecular formula is C17H24N2O. The van der Waals surface area contributed by atoms with E-state index in [2.05, 4.69) is 9.88 Å². The lowest BCUT2D eigenvalue weighted by atomic mass is 9.80. The van der Waals surface area contributed by atoms with Gasteiger partial charge in [-0.3, -0.25) is 9.78 Å². The predicted octanol–water partition coefficient (Wildman–Crippen LogP) is 3.05. The van der Waals surface area contributed by atoms with Crippen molar-refractivity contribution in [2.24, 2.45) is 11.8 Å². The fourth-order valence-electron chi connectivity index (χ4n) is 3.79. The third kappa shape index (κ3) is 3.20. The number of likely N-dealkylation sites (tertiary alicyclic amines) is 1. The first-order chi connectivity index (χ1) is 9.83. The van der Waals surface area contributed by atoms with Crippen LogP contribution in [0.1, 0.15) is 44.1 Å². The number of aromatic nitrogens is 1. The van der Waals surface area contributed by atoms with Gasteiger partial charge in [0, 0.05) is 25.5 Å². The Labute approximate surface area is 121 Å². The Morgan fingerprint density at radius 1 is 1.10 bits per heavy atom. The SMILES string of the molecule is O=C(Cc1ccncc1)N1CC[C@H](C2CCCCC2)C1. The Morgan fingerprint density at radius 3 is 2.60 bits per heavy atom. The molecule has 1 aromatic rings. The average Bonchev–Trinajstić information content (AvgIpc) is 2.99. The van der Waals surface area contributed by atoms with Crippen molar-refractivity contribution in [3.63, 3.8) is 0 Å². The van der Waals surface area contributed by atoms with Gasteiger partial charge in [0.2, 0.25) is 5.91 Å². The summed E-state index contributed by atoms with van der Waals surface area (Å²) in [5.41, 5.74) is 1.08. The molecule has 0 aromatic carbocycles. The van der Waals surface area contributed by atoms with Crippen LogP contribution in [0.3, 0.4) is 0 Å². The van der Waals surface area contributed by atoms with Crippen LogP contribution in [0.4, 0.5) is 0 Å². The zero-order chi connectivity index (χ0) is 13.8. The van der Waals surface area contributed by atoms with E-state index in [1.54, 1.807) is 12.4 Å². The van der Waals surface area contributed by atoms with Gasteiger partial charge in [-0.2, -0.15) is 0 Å². The van der Waals surface area contributed by atoms with Crippen molar-refractivity contribution in [2.45, 2.75) is 44.9 Å². The summed E-state index contributed by atoms with van der Waals surface area (Å²) in [6, 6.07) is 3.87. The van der Waals surface area contributed by atoms with Gasteiger partial charge in [0.15, 0.2) is 0 Å².